The van der Waals surface area contributed by atoms with Gasteiger partial charge in [0.15, 0.2) is 0 Å². The van der Waals surface area contributed by atoms with Crippen molar-refractivity contribution in [1.29, 1.82) is 0 Å². The van der Waals surface area contributed by atoms with Gasteiger partial charge in [0, 0.05) is 23.9 Å². The van der Waals surface area contributed by atoms with Crippen molar-refractivity contribution in [3.8, 4) is 0 Å². The van der Waals surface area contributed by atoms with E-state index in [0.29, 0.717) is 6.54 Å². The van der Waals surface area contributed by atoms with Crippen LogP contribution in [0.4, 0.5) is 4.39 Å². The molecular weight excluding hydrogens is 327 g/mol. The van der Waals surface area contributed by atoms with Crippen molar-refractivity contribution in [3.05, 3.63) is 35.6 Å². The molecule has 2 aliphatic rings. The minimum Gasteiger partial charge on any atom is -0.355 e. The number of carbonyl (C=O) groups excluding carboxylic acids is 1. The van der Waals surface area contributed by atoms with Crippen LogP contribution in [0.5, 0.6) is 0 Å². The van der Waals surface area contributed by atoms with E-state index in [1.54, 1.807) is 0 Å². The lowest BCUT2D eigenvalue weighted by atomic mass is 9.69. The van der Waals surface area contributed by atoms with Crippen LogP contribution < -0.4 is 11.1 Å². The number of carbonyl (C=O) groups is 1. The normalized spacial score (nSPS) is 25.8. The van der Waals surface area contributed by atoms with E-state index < -0.39 is 0 Å². The first-order valence-electron chi connectivity index (χ1n) is 8.88. The monoisotopic (exact) mass is 354 g/mol. The molecule has 2 aliphatic carbocycles. The Morgan fingerprint density at radius 1 is 1.17 bits per heavy atom. The Balaban J connectivity index is 0.00000208. The second-order valence-electron chi connectivity index (χ2n) is 7.34. The summed E-state index contributed by atoms with van der Waals surface area (Å²) in [7, 11) is 0. The smallest absolute Gasteiger partial charge is 0.223 e. The van der Waals surface area contributed by atoms with Crippen LogP contribution in [0, 0.1) is 11.7 Å². The maximum Gasteiger partial charge on any atom is 0.223 e. The van der Waals surface area contributed by atoms with Gasteiger partial charge in [-0.3, -0.25) is 4.79 Å². The highest BCUT2D eigenvalue weighted by atomic mass is 35.5. The highest BCUT2D eigenvalue weighted by molar-refractivity contribution is 5.85. The Labute approximate surface area is 150 Å². The Hall–Kier alpha value is -1.13. The van der Waals surface area contributed by atoms with E-state index in [9.17, 15) is 9.18 Å². The Kier molecular flexibility index (Phi) is 6.64. The van der Waals surface area contributed by atoms with Crippen molar-refractivity contribution in [2.45, 2.75) is 62.8 Å². The summed E-state index contributed by atoms with van der Waals surface area (Å²) in [6.45, 7) is 0.656. The molecule has 1 amide bonds. The molecule has 134 valence electrons. The molecule has 0 radical (unpaired) electrons. The summed E-state index contributed by atoms with van der Waals surface area (Å²) >= 11 is 0. The second-order valence-corrected chi connectivity index (χ2v) is 7.34. The summed E-state index contributed by atoms with van der Waals surface area (Å²) in [5.74, 6) is 0.00700. The van der Waals surface area contributed by atoms with Crippen molar-refractivity contribution in [2.75, 3.05) is 6.54 Å². The van der Waals surface area contributed by atoms with Gasteiger partial charge >= 0.3 is 0 Å². The Bertz CT molecular complexity index is 543. The first-order chi connectivity index (χ1) is 11.1. The lowest BCUT2D eigenvalue weighted by molar-refractivity contribution is -0.125. The van der Waals surface area contributed by atoms with Gasteiger partial charge in [-0.25, -0.2) is 4.39 Å². The van der Waals surface area contributed by atoms with Crippen LogP contribution in [0.15, 0.2) is 24.3 Å². The summed E-state index contributed by atoms with van der Waals surface area (Å²) in [5.41, 5.74) is 7.03. The van der Waals surface area contributed by atoms with Crippen molar-refractivity contribution in [3.63, 3.8) is 0 Å². The molecule has 0 spiro atoms. The van der Waals surface area contributed by atoms with Crippen LogP contribution in [-0.4, -0.2) is 18.5 Å². The fraction of sp³-hybridized carbons (Fsp3) is 0.632. The van der Waals surface area contributed by atoms with Crippen molar-refractivity contribution < 1.29 is 9.18 Å². The van der Waals surface area contributed by atoms with Gasteiger partial charge in [0.1, 0.15) is 5.82 Å². The lowest BCUT2D eigenvalue weighted by Gasteiger charge is -2.38. The zero-order valence-electron chi connectivity index (χ0n) is 14.1. The topological polar surface area (TPSA) is 55.1 Å². The molecule has 2 unspecified atom stereocenters. The number of hydrogen-bond donors (Lipinski definition) is 2. The van der Waals surface area contributed by atoms with E-state index in [0.717, 1.165) is 37.7 Å². The number of halogens is 2. The molecule has 2 atom stereocenters. The minimum absolute atomic E-state index is 0. The Morgan fingerprint density at radius 2 is 1.83 bits per heavy atom. The minimum atomic E-state index is -0.205. The van der Waals surface area contributed by atoms with E-state index >= 15 is 0 Å². The summed E-state index contributed by atoms with van der Waals surface area (Å²) in [4.78, 5) is 12.4. The maximum absolute atomic E-state index is 13.3. The molecule has 1 aromatic rings. The predicted octanol–water partition coefficient (Wildman–Crippen LogP) is 3.69. The molecular formula is C19H28ClFN2O. The largest absolute Gasteiger partial charge is 0.355 e. The van der Waals surface area contributed by atoms with E-state index in [2.05, 4.69) is 5.32 Å². The molecule has 0 aliphatic heterocycles. The molecule has 0 aromatic heterocycles. The first kappa shape index (κ1) is 19.2. The highest BCUT2D eigenvalue weighted by Gasteiger charge is 2.35. The quantitative estimate of drug-likeness (QED) is 0.866. The zero-order chi connectivity index (χ0) is 16.3. The van der Waals surface area contributed by atoms with Gasteiger partial charge in [-0.05, 0) is 49.8 Å². The van der Waals surface area contributed by atoms with Crippen LogP contribution in [-0.2, 0) is 10.2 Å². The van der Waals surface area contributed by atoms with Gasteiger partial charge in [-0.15, -0.1) is 12.4 Å². The number of rotatable bonds is 4. The third-order valence-electron chi connectivity index (χ3n) is 5.71. The molecule has 3 rings (SSSR count). The van der Waals surface area contributed by atoms with Crippen molar-refractivity contribution in [2.24, 2.45) is 11.7 Å². The third kappa shape index (κ3) is 4.28. The average molecular weight is 355 g/mol. The molecule has 1 aromatic carbocycles. The van der Waals surface area contributed by atoms with Gasteiger partial charge in [-0.2, -0.15) is 0 Å². The van der Waals surface area contributed by atoms with E-state index in [1.807, 2.05) is 12.1 Å². The number of benzene rings is 1. The average Bonchev–Trinajstić information content (AvgIpc) is 3.01. The molecule has 24 heavy (non-hydrogen) atoms. The number of nitrogens with two attached hydrogens (primary N) is 1. The van der Waals surface area contributed by atoms with Crippen molar-refractivity contribution in [1.82, 2.24) is 5.32 Å². The van der Waals surface area contributed by atoms with Crippen LogP contribution in [0.1, 0.15) is 56.9 Å². The number of nitrogens with one attached hydrogen (secondary N) is 1. The van der Waals surface area contributed by atoms with Crippen LogP contribution in [0.25, 0.3) is 0 Å². The fourth-order valence-corrected chi connectivity index (χ4v) is 4.25. The predicted molar refractivity (Wildman–Crippen MR) is 96.7 cm³/mol. The second kappa shape index (κ2) is 8.30. The van der Waals surface area contributed by atoms with Crippen molar-refractivity contribution >= 4 is 18.3 Å². The molecule has 0 heterocycles. The van der Waals surface area contributed by atoms with E-state index in [4.69, 9.17) is 5.73 Å². The Morgan fingerprint density at radius 3 is 2.42 bits per heavy atom. The van der Waals surface area contributed by atoms with Gasteiger partial charge < -0.3 is 11.1 Å². The third-order valence-corrected chi connectivity index (χ3v) is 5.71. The van der Waals surface area contributed by atoms with Crippen LogP contribution >= 0.6 is 12.4 Å². The SMILES string of the molecule is Cl.NC1CCC(C(=O)NCC2(c3ccc(F)cc3)CCCCC2)C1. The summed E-state index contributed by atoms with van der Waals surface area (Å²) in [6.07, 6.45) is 8.34. The molecule has 2 fully saturated rings. The maximum atomic E-state index is 13.3. The van der Waals surface area contributed by atoms with Gasteiger partial charge in [0.25, 0.3) is 0 Å². The van der Waals surface area contributed by atoms with Crippen LogP contribution in [0.2, 0.25) is 0 Å². The van der Waals surface area contributed by atoms with Gasteiger partial charge in [0.05, 0.1) is 0 Å². The van der Waals surface area contributed by atoms with E-state index in [-0.39, 0.29) is 41.5 Å². The van der Waals surface area contributed by atoms with Crippen LogP contribution in [0.3, 0.4) is 0 Å². The molecule has 2 saturated carbocycles. The van der Waals surface area contributed by atoms with Gasteiger partial charge in [0.2, 0.25) is 5.91 Å². The zero-order valence-corrected chi connectivity index (χ0v) is 14.9. The number of hydrogen-bond acceptors (Lipinski definition) is 2. The standard InChI is InChI=1S/C19H27FN2O.ClH/c20-16-7-5-15(6-8-16)19(10-2-1-3-11-19)13-22-18(23)14-4-9-17(21)12-14;/h5-8,14,17H,1-4,9-13,21H2,(H,22,23);1H. The molecule has 0 bridgehead atoms. The first-order valence-corrected chi connectivity index (χ1v) is 8.88. The lowest BCUT2D eigenvalue weighted by Crippen LogP contribution is -2.44. The molecule has 3 N–H and O–H groups in total. The highest BCUT2D eigenvalue weighted by Crippen LogP contribution is 2.39. The molecule has 3 nitrogen and oxygen atoms in total. The van der Waals surface area contributed by atoms with Gasteiger partial charge in [-0.1, -0.05) is 31.4 Å². The number of amides is 1. The fourth-order valence-electron chi connectivity index (χ4n) is 4.25. The van der Waals surface area contributed by atoms with E-state index in [1.165, 1.54) is 31.4 Å². The summed E-state index contributed by atoms with van der Waals surface area (Å²) < 4.78 is 13.3. The summed E-state index contributed by atoms with van der Waals surface area (Å²) in [6, 6.07) is 7.01. The summed E-state index contributed by atoms with van der Waals surface area (Å²) in [5, 5.41) is 3.18. The molecule has 5 heteroatoms. The molecule has 0 saturated heterocycles.